The van der Waals surface area contributed by atoms with E-state index in [1.165, 1.54) is 19.4 Å². The number of anilines is 2. The van der Waals surface area contributed by atoms with Gasteiger partial charge < -0.3 is 15.4 Å². The van der Waals surface area contributed by atoms with Crippen molar-refractivity contribution in [1.29, 1.82) is 0 Å². The molecule has 0 aliphatic heterocycles. The third-order valence-electron chi connectivity index (χ3n) is 4.17. The van der Waals surface area contributed by atoms with Crippen LogP contribution in [0.2, 0.25) is 0 Å². The number of hydrogen-bond donors (Lipinski definition) is 3. The number of nitrogens with zero attached hydrogens (tertiary/aromatic N) is 1. The van der Waals surface area contributed by atoms with Gasteiger partial charge in [0, 0.05) is 11.3 Å². The lowest BCUT2D eigenvalue weighted by Gasteiger charge is -2.11. The van der Waals surface area contributed by atoms with E-state index >= 15 is 0 Å². The maximum Gasteiger partial charge on any atom is 0.329 e. The van der Waals surface area contributed by atoms with Crippen LogP contribution in [-0.2, 0) is 9.59 Å². The number of carbonyl (C=O) groups excluding carboxylic acids is 3. The minimum Gasteiger partial charge on any atom is -0.496 e. The molecule has 3 rings (SSSR count). The average Bonchev–Trinajstić information content (AvgIpc) is 2.80. The molecule has 0 unspecified atom stereocenters. The lowest BCUT2D eigenvalue weighted by molar-refractivity contribution is -0.136. The number of methoxy groups -OCH3 is 1. The van der Waals surface area contributed by atoms with Gasteiger partial charge in [-0.05, 0) is 36.4 Å². The molecule has 0 heterocycles. The normalized spacial score (nSPS) is 10.4. The fourth-order valence-electron chi connectivity index (χ4n) is 2.67. The van der Waals surface area contributed by atoms with Crippen LogP contribution < -0.4 is 20.8 Å². The van der Waals surface area contributed by atoms with Crippen molar-refractivity contribution in [3.8, 4) is 5.75 Å². The number of carbonyl (C=O) groups is 3. The Hall–Kier alpha value is -4.46. The van der Waals surface area contributed by atoms with Gasteiger partial charge in [-0.15, -0.1) is 0 Å². The SMILES string of the molecule is COc1ccccc1/C=N/NC(=O)C(=O)Nc1ccccc1C(=O)Nc1ccccc1. The molecule has 0 spiro atoms. The van der Waals surface area contributed by atoms with Crippen LogP contribution in [0.5, 0.6) is 5.75 Å². The van der Waals surface area contributed by atoms with Crippen molar-refractivity contribution in [1.82, 2.24) is 5.43 Å². The Morgan fingerprint density at radius 3 is 2.26 bits per heavy atom. The van der Waals surface area contributed by atoms with E-state index in [9.17, 15) is 14.4 Å². The molecular weight excluding hydrogens is 396 g/mol. The van der Waals surface area contributed by atoms with E-state index in [-0.39, 0.29) is 11.3 Å². The van der Waals surface area contributed by atoms with Crippen LogP contribution in [-0.4, -0.2) is 31.0 Å². The average molecular weight is 416 g/mol. The summed E-state index contributed by atoms with van der Waals surface area (Å²) in [5.74, 6) is -1.79. The third kappa shape index (κ3) is 5.77. The number of hydrogen-bond acceptors (Lipinski definition) is 5. The number of benzene rings is 3. The highest BCUT2D eigenvalue weighted by Gasteiger charge is 2.17. The van der Waals surface area contributed by atoms with Crippen LogP contribution in [0.1, 0.15) is 15.9 Å². The number of nitrogens with one attached hydrogen (secondary N) is 3. The van der Waals surface area contributed by atoms with Crippen molar-refractivity contribution in [2.24, 2.45) is 5.10 Å². The summed E-state index contributed by atoms with van der Waals surface area (Å²) in [4.78, 5) is 36.9. The van der Waals surface area contributed by atoms with Crippen molar-refractivity contribution in [3.05, 3.63) is 90.0 Å². The minimum atomic E-state index is -0.982. The summed E-state index contributed by atoms with van der Waals surface area (Å²) in [6.07, 6.45) is 1.37. The summed E-state index contributed by atoms with van der Waals surface area (Å²) in [6.45, 7) is 0. The van der Waals surface area contributed by atoms with E-state index in [1.54, 1.807) is 66.7 Å². The maximum absolute atomic E-state index is 12.6. The Morgan fingerprint density at radius 1 is 0.806 bits per heavy atom. The Balaban J connectivity index is 1.64. The van der Waals surface area contributed by atoms with Crippen LogP contribution >= 0.6 is 0 Å². The third-order valence-corrected chi connectivity index (χ3v) is 4.17. The first-order chi connectivity index (χ1) is 15.1. The molecule has 0 atom stereocenters. The van der Waals surface area contributed by atoms with E-state index in [4.69, 9.17) is 4.74 Å². The zero-order valence-electron chi connectivity index (χ0n) is 16.7. The predicted octanol–water partition coefficient (Wildman–Crippen LogP) is 3.04. The monoisotopic (exact) mass is 416 g/mol. The molecule has 31 heavy (non-hydrogen) atoms. The van der Waals surface area contributed by atoms with Gasteiger partial charge >= 0.3 is 11.8 Å². The molecule has 3 amide bonds. The highest BCUT2D eigenvalue weighted by Crippen LogP contribution is 2.17. The molecule has 8 nitrogen and oxygen atoms in total. The van der Waals surface area contributed by atoms with Gasteiger partial charge in [-0.25, -0.2) is 5.43 Å². The van der Waals surface area contributed by atoms with Gasteiger partial charge in [0.1, 0.15) is 5.75 Å². The number of para-hydroxylation sites is 3. The zero-order chi connectivity index (χ0) is 22.1. The Kier molecular flexibility index (Phi) is 7.10. The van der Waals surface area contributed by atoms with Crippen LogP contribution in [0, 0.1) is 0 Å². The Labute approximate surface area is 178 Å². The minimum absolute atomic E-state index is 0.199. The molecule has 3 aromatic carbocycles. The second-order valence-corrected chi connectivity index (χ2v) is 6.26. The van der Waals surface area contributed by atoms with Gasteiger partial charge in [-0.3, -0.25) is 14.4 Å². The van der Waals surface area contributed by atoms with Gasteiger partial charge in [0.25, 0.3) is 5.91 Å². The van der Waals surface area contributed by atoms with Gasteiger partial charge in [0.05, 0.1) is 24.6 Å². The van der Waals surface area contributed by atoms with Crippen molar-refractivity contribution in [2.45, 2.75) is 0 Å². The summed E-state index contributed by atoms with van der Waals surface area (Å²) >= 11 is 0. The van der Waals surface area contributed by atoms with Gasteiger partial charge in [0.15, 0.2) is 0 Å². The summed E-state index contributed by atoms with van der Waals surface area (Å²) in [7, 11) is 1.52. The highest BCUT2D eigenvalue weighted by atomic mass is 16.5. The van der Waals surface area contributed by atoms with E-state index in [0.29, 0.717) is 17.0 Å². The quantitative estimate of drug-likeness (QED) is 0.326. The first kappa shape index (κ1) is 21.3. The molecule has 0 bridgehead atoms. The molecule has 8 heteroatoms. The molecule has 0 radical (unpaired) electrons. The second kappa shape index (κ2) is 10.4. The standard InChI is InChI=1S/C23H20N4O4/c1-31-20-14-8-5-9-16(20)15-24-27-23(30)22(29)26-19-13-7-6-12-18(19)21(28)25-17-10-3-2-4-11-17/h2-15H,1H3,(H,25,28)(H,26,29)(H,27,30)/b24-15+. The second-order valence-electron chi connectivity index (χ2n) is 6.26. The van der Waals surface area contributed by atoms with Crippen molar-refractivity contribution < 1.29 is 19.1 Å². The number of hydrazone groups is 1. The predicted molar refractivity (Wildman–Crippen MR) is 118 cm³/mol. The lowest BCUT2D eigenvalue weighted by Crippen LogP contribution is -2.33. The molecule has 3 aromatic rings. The smallest absolute Gasteiger partial charge is 0.329 e. The summed E-state index contributed by atoms with van der Waals surface area (Å²) < 4.78 is 5.19. The number of ether oxygens (including phenoxy) is 1. The first-order valence-electron chi connectivity index (χ1n) is 9.31. The molecule has 3 N–H and O–H groups in total. The van der Waals surface area contributed by atoms with E-state index in [0.717, 1.165) is 0 Å². The molecule has 0 saturated carbocycles. The fourth-order valence-corrected chi connectivity index (χ4v) is 2.67. The molecule has 0 fully saturated rings. The van der Waals surface area contributed by atoms with Crippen molar-refractivity contribution in [3.63, 3.8) is 0 Å². The molecular formula is C23H20N4O4. The summed E-state index contributed by atoms with van der Waals surface area (Å²) in [5, 5.41) is 8.96. The van der Waals surface area contributed by atoms with Gasteiger partial charge in [0.2, 0.25) is 0 Å². The Morgan fingerprint density at radius 2 is 1.48 bits per heavy atom. The topological polar surface area (TPSA) is 109 Å². The molecule has 0 aromatic heterocycles. The first-order valence-corrected chi connectivity index (χ1v) is 9.31. The van der Waals surface area contributed by atoms with Gasteiger partial charge in [-0.1, -0.05) is 42.5 Å². The number of amides is 3. The molecule has 0 aliphatic carbocycles. The fraction of sp³-hybridized carbons (Fsp3) is 0.0435. The van der Waals surface area contributed by atoms with E-state index in [1.807, 2.05) is 6.07 Å². The van der Waals surface area contributed by atoms with Gasteiger partial charge in [-0.2, -0.15) is 5.10 Å². The van der Waals surface area contributed by atoms with E-state index < -0.39 is 17.7 Å². The van der Waals surface area contributed by atoms with Crippen LogP contribution in [0.15, 0.2) is 84.0 Å². The Bertz CT molecular complexity index is 1110. The van der Waals surface area contributed by atoms with Crippen molar-refractivity contribution >= 4 is 35.3 Å². The van der Waals surface area contributed by atoms with Crippen molar-refractivity contribution in [2.75, 3.05) is 17.7 Å². The highest BCUT2D eigenvalue weighted by molar-refractivity contribution is 6.40. The largest absolute Gasteiger partial charge is 0.496 e. The lowest BCUT2D eigenvalue weighted by atomic mass is 10.1. The van der Waals surface area contributed by atoms with Crippen LogP contribution in [0.25, 0.3) is 0 Å². The zero-order valence-corrected chi connectivity index (χ0v) is 16.7. The molecule has 0 saturated heterocycles. The van der Waals surface area contributed by atoms with Crippen LogP contribution in [0.4, 0.5) is 11.4 Å². The van der Waals surface area contributed by atoms with E-state index in [2.05, 4.69) is 21.2 Å². The number of rotatable bonds is 6. The summed E-state index contributed by atoms with van der Waals surface area (Å²) in [6, 6.07) is 22.4. The molecule has 156 valence electrons. The van der Waals surface area contributed by atoms with Crippen LogP contribution in [0.3, 0.4) is 0 Å². The summed E-state index contributed by atoms with van der Waals surface area (Å²) in [5.41, 5.74) is 3.81. The maximum atomic E-state index is 12.6. The molecule has 0 aliphatic rings.